The molecule has 2 heterocycles. The second kappa shape index (κ2) is 4.81. The van der Waals surface area contributed by atoms with E-state index in [4.69, 9.17) is 11.6 Å². The highest BCUT2D eigenvalue weighted by Gasteiger charge is 2.36. The molecule has 0 N–H and O–H groups in total. The standard InChI is InChI=1S/C12H9ClN4O4/c13-11-12(17(20)21)15-6-8(5-10(15)14-11)7-1-3-9(4-2-7)16(18)19/h1-4,8H,5-6H2. The summed E-state index contributed by atoms with van der Waals surface area (Å²) < 4.78 is 1.49. The van der Waals surface area contributed by atoms with Crippen molar-refractivity contribution in [1.29, 1.82) is 0 Å². The molecule has 0 bridgehead atoms. The number of hydrogen-bond acceptors (Lipinski definition) is 5. The van der Waals surface area contributed by atoms with Crippen LogP contribution in [-0.2, 0) is 13.0 Å². The van der Waals surface area contributed by atoms with E-state index in [1.807, 2.05) is 0 Å². The van der Waals surface area contributed by atoms with Crippen molar-refractivity contribution in [2.24, 2.45) is 0 Å². The highest BCUT2D eigenvalue weighted by molar-refractivity contribution is 6.31. The van der Waals surface area contributed by atoms with E-state index in [9.17, 15) is 20.2 Å². The minimum atomic E-state index is -0.545. The minimum Gasteiger partial charge on any atom is -0.358 e. The van der Waals surface area contributed by atoms with Gasteiger partial charge in [0.15, 0.2) is 5.82 Å². The molecule has 2 aromatic rings. The van der Waals surface area contributed by atoms with E-state index < -0.39 is 9.85 Å². The van der Waals surface area contributed by atoms with Gasteiger partial charge in [0.05, 0.1) is 11.5 Å². The number of halogens is 1. The fourth-order valence-corrected chi connectivity index (χ4v) is 2.84. The summed E-state index contributed by atoms with van der Waals surface area (Å²) in [6, 6.07) is 6.20. The van der Waals surface area contributed by atoms with Crippen LogP contribution in [0.25, 0.3) is 0 Å². The normalized spacial score (nSPS) is 16.7. The Hall–Kier alpha value is -2.48. The Kier molecular flexibility index (Phi) is 3.09. The van der Waals surface area contributed by atoms with Crippen LogP contribution < -0.4 is 0 Å². The van der Waals surface area contributed by atoms with E-state index in [0.717, 1.165) is 5.56 Å². The van der Waals surface area contributed by atoms with Crippen molar-refractivity contribution in [2.45, 2.75) is 18.9 Å². The molecule has 0 spiro atoms. The van der Waals surface area contributed by atoms with E-state index in [2.05, 4.69) is 4.98 Å². The molecule has 1 aromatic heterocycles. The van der Waals surface area contributed by atoms with E-state index in [1.54, 1.807) is 12.1 Å². The lowest BCUT2D eigenvalue weighted by molar-refractivity contribution is -0.392. The average molecular weight is 309 g/mol. The molecule has 0 aliphatic carbocycles. The highest BCUT2D eigenvalue weighted by Crippen LogP contribution is 2.36. The van der Waals surface area contributed by atoms with Gasteiger partial charge in [0.2, 0.25) is 5.15 Å². The van der Waals surface area contributed by atoms with E-state index in [-0.39, 0.29) is 22.6 Å². The van der Waals surface area contributed by atoms with E-state index in [0.29, 0.717) is 18.8 Å². The molecule has 1 aromatic carbocycles. The topological polar surface area (TPSA) is 104 Å². The summed E-state index contributed by atoms with van der Waals surface area (Å²) in [6.07, 6.45) is 0.519. The van der Waals surface area contributed by atoms with Gasteiger partial charge in [-0.15, -0.1) is 0 Å². The van der Waals surface area contributed by atoms with E-state index in [1.165, 1.54) is 16.7 Å². The second-order valence-electron chi connectivity index (χ2n) is 4.76. The first-order valence-corrected chi connectivity index (χ1v) is 6.49. The zero-order chi connectivity index (χ0) is 15.1. The Morgan fingerprint density at radius 2 is 1.86 bits per heavy atom. The molecule has 1 aliphatic heterocycles. The number of fused-ring (bicyclic) bond motifs is 1. The lowest BCUT2D eigenvalue weighted by Gasteiger charge is -2.07. The third-order valence-electron chi connectivity index (χ3n) is 3.56. The first-order chi connectivity index (χ1) is 9.97. The van der Waals surface area contributed by atoms with Gasteiger partial charge in [0.1, 0.15) is 0 Å². The maximum Gasteiger partial charge on any atom is 0.362 e. The Morgan fingerprint density at radius 1 is 1.19 bits per heavy atom. The number of nitro groups is 2. The first kappa shape index (κ1) is 13.5. The van der Waals surface area contributed by atoms with Gasteiger partial charge in [-0.1, -0.05) is 23.7 Å². The molecule has 0 saturated heterocycles. The molecule has 1 unspecified atom stereocenters. The molecule has 3 rings (SSSR count). The maximum absolute atomic E-state index is 11.0. The number of nitro benzene ring substituents is 1. The van der Waals surface area contributed by atoms with Gasteiger partial charge < -0.3 is 10.1 Å². The molecule has 1 atom stereocenters. The Labute approximate surface area is 123 Å². The van der Waals surface area contributed by atoms with Crippen LogP contribution in [0, 0.1) is 20.2 Å². The van der Waals surface area contributed by atoms with Crippen molar-refractivity contribution in [1.82, 2.24) is 9.55 Å². The quantitative estimate of drug-likeness (QED) is 0.640. The largest absolute Gasteiger partial charge is 0.362 e. The molecule has 0 radical (unpaired) electrons. The van der Waals surface area contributed by atoms with Crippen molar-refractivity contribution in [3.8, 4) is 0 Å². The van der Waals surface area contributed by atoms with Gasteiger partial charge in [-0.05, 0) is 10.5 Å². The summed E-state index contributed by atoms with van der Waals surface area (Å²) >= 11 is 5.76. The third-order valence-corrected chi connectivity index (χ3v) is 3.81. The minimum absolute atomic E-state index is 0.00395. The summed E-state index contributed by atoms with van der Waals surface area (Å²) in [5, 5.41) is 21.5. The third kappa shape index (κ3) is 2.23. The van der Waals surface area contributed by atoms with Gasteiger partial charge >= 0.3 is 5.82 Å². The lowest BCUT2D eigenvalue weighted by Crippen LogP contribution is -2.04. The van der Waals surface area contributed by atoms with Crippen molar-refractivity contribution < 1.29 is 9.85 Å². The molecule has 0 amide bonds. The SMILES string of the molecule is O=[N+]([O-])c1ccc(C2Cc3nc(Cl)c([N+](=O)[O-])n3C2)cc1. The van der Waals surface area contributed by atoms with Crippen LogP contribution in [-0.4, -0.2) is 19.4 Å². The van der Waals surface area contributed by atoms with Gasteiger partial charge in [-0.2, -0.15) is 4.98 Å². The monoisotopic (exact) mass is 308 g/mol. The Bertz CT molecular complexity index is 740. The number of hydrogen-bond donors (Lipinski definition) is 0. The van der Waals surface area contributed by atoms with Crippen LogP contribution in [0.3, 0.4) is 0 Å². The molecule has 0 saturated carbocycles. The van der Waals surface area contributed by atoms with Gasteiger partial charge in [-0.25, -0.2) is 4.57 Å². The second-order valence-corrected chi connectivity index (χ2v) is 5.12. The zero-order valence-electron chi connectivity index (χ0n) is 10.6. The summed E-state index contributed by atoms with van der Waals surface area (Å²) in [5.41, 5.74) is 0.903. The molecule has 8 nitrogen and oxygen atoms in total. The maximum atomic E-state index is 11.0. The zero-order valence-corrected chi connectivity index (χ0v) is 11.4. The van der Waals surface area contributed by atoms with Crippen molar-refractivity contribution in [2.75, 3.05) is 0 Å². The van der Waals surface area contributed by atoms with Crippen LogP contribution in [0.1, 0.15) is 17.3 Å². The summed E-state index contributed by atoms with van der Waals surface area (Å²) in [6.45, 7) is 0.392. The number of aromatic nitrogens is 2. The summed E-state index contributed by atoms with van der Waals surface area (Å²) in [5.74, 6) is 0.371. The molecule has 21 heavy (non-hydrogen) atoms. The molecule has 108 valence electrons. The van der Waals surface area contributed by atoms with Crippen LogP contribution in [0.2, 0.25) is 5.15 Å². The predicted molar refractivity (Wildman–Crippen MR) is 73.4 cm³/mol. The van der Waals surface area contributed by atoms with Crippen LogP contribution in [0.5, 0.6) is 0 Å². The Morgan fingerprint density at radius 3 is 2.43 bits per heavy atom. The predicted octanol–water partition coefficient (Wildman–Crippen LogP) is 2.69. The Balaban J connectivity index is 1.88. The smallest absolute Gasteiger partial charge is 0.358 e. The summed E-state index contributed by atoms with van der Waals surface area (Å²) in [7, 11) is 0. The van der Waals surface area contributed by atoms with Crippen LogP contribution in [0.15, 0.2) is 24.3 Å². The van der Waals surface area contributed by atoms with Gasteiger partial charge in [0.25, 0.3) is 5.69 Å². The van der Waals surface area contributed by atoms with Crippen molar-refractivity contribution in [3.63, 3.8) is 0 Å². The van der Waals surface area contributed by atoms with Crippen LogP contribution >= 0.6 is 11.6 Å². The molecule has 1 aliphatic rings. The highest BCUT2D eigenvalue weighted by atomic mass is 35.5. The van der Waals surface area contributed by atoms with Crippen molar-refractivity contribution >= 4 is 23.1 Å². The number of benzene rings is 1. The van der Waals surface area contributed by atoms with Gasteiger partial charge in [0, 0.05) is 24.5 Å². The van der Waals surface area contributed by atoms with Crippen molar-refractivity contribution in [3.05, 3.63) is 61.0 Å². The fraction of sp³-hybridized carbons (Fsp3) is 0.250. The number of nitrogens with zero attached hydrogens (tertiary/aromatic N) is 4. The molecule has 0 fully saturated rings. The lowest BCUT2D eigenvalue weighted by atomic mass is 9.97. The number of non-ortho nitro benzene ring substituents is 1. The number of imidazole rings is 1. The van der Waals surface area contributed by atoms with Crippen LogP contribution in [0.4, 0.5) is 11.5 Å². The molecule has 9 heteroatoms. The van der Waals surface area contributed by atoms with Gasteiger partial charge in [-0.3, -0.25) is 10.1 Å². The first-order valence-electron chi connectivity index (χ1n) is 6.11. The fourth-order valence-electron chi connectivity index (χ4n) is 2.58. The number of rotatable bonds is 3. The van der Waals surface area contributed by atoms with E-state index >= 15 is 0 Å². The average Bonchev–Trinajstić information content (AvgIpc) is 2.94. The molecular weight excluding hydrogens is 300 g/mol. The summed E-state index contributed by atoms with van der Waals surface area (Å²) in [4.78, 5) is 24.6. The molecular formula is C12H9ClN4O4.